The molecule has 0 saturated carbocycles. The molecule has 23 heavy (non-hydrogen) atoms. The van der Waals surface area contributed by atoms with E-state index in [1.54, 1.807) is 36.5 Å². The lowest BCUT2D eigenvalue weighted by Gasteiger charge is -2.09. The van der Waals surface area contributed by atoms with Crippen molar-refractivity contribution in [2.24, 2.45) is 0 Å². The van der Waals surface area contributed by atoms with Gasteiger partial charge in [0, 0.05) is 29.3 Å². The van der Waals surface area contributed by atoms with Crippen molar-refractivity contribution in [3.8, 4) is 11.3 Å². The summed E-state index contributed by atoms with van der Waals surface area (Å²) in [6.45, 7) is 0. The quantitative estimate of drug-likeness (QED) is 0.588. The van der Waals surface area contributed by atoms with Crippen LogP contribution >= 0.6 is 0 Å². The van der Waals surface area contributed by atoms with E-state index < -0.39 is 10.9 Å². The number of pyridine rings is 1. The highest BCUT2D eigenvalue weighted by Crippen LogP contribution is 2.29. The highest BCUT2D eigenvalue weighted by atomic mass is 16.6. The van der Waals surface area contributed by atoms with Crippen molar-refractivity contribution < 1.29 is 14.8 Å². The summed E-state index contributed by atoms with van der Waals surface area (Å²) in [5, 5.41) is 21.4. The number of hydrogen-bond donors (Lipinski definition) is 1. The molecule has 3 rings (SSSR count). The Morgan fingerprint density at radius 1 is 1.09 bits per heavy atom. The fourth-order valence-electron chi connectivity index (χ4n) is 2.56. The van der Waals surface area contributed by atoms with Crippen molar-refractivity contribution >= 4 is 22.4 Å². The van der Waals surface area contributed by atoms with Gasteiger partial charge >= 0.3 is 5.97 Å². The van der Waals surface area contributed by atoms with Crippen LogP contribution in [0.1, 0.15) is 5.56 Å². The topological polar surface area (TPSA) is 93.3 Å². The first-order valence-electron chi connectivity index (χ1n) is 6.89. The molecule has 0 amide bonds. The van der Waals surface area contributed by atoms with Gasteiger partial charge in [0.1, 0.15) is 0 Å². The molecule has 0 saturated heterocycles. The van der Waals surface area contributed by atoms with Gasteiger partial charge in [0.05, 0.1) is 17.0 Å². The van der Waals surface area contributed by atoms with Crippen LogP contribution in [-0.4, -0.2) is 21.0 Å². The molecule has 0 aliphatic heterocycles. The molecule has 1 aromatic heterocycles. The van der Waals surface area contributed by atoms with Crippen LogP contribution in [0, 0.1) is 10.1 Å². The number of hydrogen-bond acceptors (Lipinski definition) is 4. The second-order valence-corrected chi connectivity index (χ2v) is 5.05. The van der Waals surface area contributed by atoms with E-state index in [4.69, 9.17) is 5.11 Å². The number of fused-ring (bicyclic) bond motifs is 1. The Morgan fingerprint density at radius 2 is 1.83 bits per heavy atom. The van der Waals surface area contributed by atoms with Crippen LogP contribution in [0.3, 0.4) is 0 Å². The molecule has 0 aliphatic carbocycles. The second-order valence-electron chi connectivity index (χ2n) is 5.05. The minimum atomic E-state index is -0.897. The molecule has 0 unspecified atom stereocenters. The van der Waals surface area contributed by atoms with Crippen molar-refractivity contribution in [3.63, 3.8) is 0 Å². The number of benzene rings is 2. The van der Waals surface area contributed by atoms with Crippen molar-refractivity contribution in [3.05, 3.63) is 70.4 Å². The summed E-state index contributed by atoms with van der Waals surface area (Å²) in [6.07, 6.45) is 1.55. The smallest absolute Gasteiger partial charge is 0.307 e. The number of non-ortho nitro benzene ring substituents is 1. The third kappa shape index (κ3) is 2.87. The highest BCUT2D eigenvalue weighted by molar-refractivity contribution is 5.97. The van der Waals surface area contributed by atoms with Crippen molar-refractivity contribution in [1.82, 2.24) is 4.98 Å². The molecular weight excluding hydrogens is 296 g/mol. The Bertz CT molecular complexity index is 904. The summed E-state index contributed by atoms with van der Waals surface area (Å²) in [5.74, 6) is -0.897. The van der Waals surface area contributed by atoms with E-state index in [9.17, 15) is 14.9 Å². The molecule has 1 N–H and O–H groups in total. The van der Waals surface area contributed by atoms with Gasteiger partial charge in [0.2, 0.25) is 0 Å². The number of carbonyl (C=O) groups is 1. The van der Waals surface area contributed by atoms with Gasteiger partial charge in [-0.3, -0.25) is 19.9 Å². The molecule has 0 fully saturated rings. The summed E-state index contributed by atoms with van der Waals surface area (Å²) in [4.78, 5) is 25.6. The number of nitro benzene ring substituents is 1. The van der Waals surface area contributed by atoms with Gasteiger partial charge in [0.15, 0.2) is 0 Å². The second kappa shape index (κ2) is 5.84. The molecule has 114 valence electrons. The molecule has 0 atom stereocenters. The first-order valence-corrected chi connectivity index (χ1v) is 6.89. The molecular formula is C17H12N2O4. The lowest BCUT2D eigenvalue weighted by molar-refractivity contribution is -0.384. The minimum Gasteiger partial charge on any atom is -0.481 e. The Hall–Kier alpha value is -3.28. The number of aliphatic carboxylic acids is 1. The van der Waals surface area contributed by atoms with Crippen LogP contribution in [0.2, 0.25) is 0 Å². The molecule has 2 aromatic carbocycles. The van der Waals surface area contributed by atoms with E-state index in [-0.39, 0.29) is 12.1 Å². The summed E-state index contributed by atoms with van der Waals surface area (Å²) in [6, 6.07) is 13.3. The fourth-order valence-corrected chi connectivity index (χ4v) is 2.56. The van der Waals surface area contributed by atoms with E-state index in [1.165, 1.54) is 12.1 Å². The number of aromatic nitrogens is 1. The maximum absolute atomic E-state index is 11.0. The van der Waals surface area contributed by atoms with Crippen LogP contribution < -0.4 is 0 Å². The van der Waals surface area contributed by atoms with E-state index in [1.807, 2.05) is 6.07 Å². The Morgan fingerprint density at radius 3 is 2.48 bits per heavy atom. The maximum Gasteiger partial charge on any atom is 0.307 e. The molecule has 0 bridgehead atoms. The normalized spacial score (nSPS) is 10.6. The average Bonchev–Trinajstić information content (AvgIpc) is 2.54. The molecule has 0 aliphatic rings. The van der Waals surface area contributed by atoms with Crippen molar-refractivity contribution in [1.29, 1.82) is 0 Å². The highest BCUT2D eigenvalue weighted by Gasteiger charge is 2.11. The number of carboxylic acid groups (broad SMARTS) is 1. The standard InChI is InChI=1S/C17H12N2O4/c20-16(21)10-12-2-1-3-15-14(12)8-9-18-17(15)11-4-6-13(7-5-11)19(22)23/h1-9H,10H2,(H,20,21). The van der Waals surface area contributed by atoms with E-state index >= 15 is 0 Å². The third-order valence-corrected chi connectivity index (χ3v) is 3.59. The number of nitro groups is 1. The van der Waals surface area contributed by atoms with E-state index in [0.717, 1.165) is 16.3 Å². The Kier molecular flexibility index (Phi) is 3.72. The van der Waals surface area contributed by atoms with Gasteiger partial charge in [-0.05, 0) is 29.1 Å². The van der Waals surface area contributed by atoms with Crippen LogP contribution in [0.15, 0.2) is 54.7 Å². The first kappa shape index (κ1) is 14.6. The Labute approximate surface area is 131 Å². The van der Waals surface area contributed by atoms with Gasteiger partial charge < -0.3 is 5.11 Å². The van der Waals surface area contributed by atoms with E-state index in [2.05, 4.69) is 4.98 Å². The predicted octanol–water partition coefficient (Wildman–Crippen LogP) is 3.44. The lowest BCUT2D eigenvalue weighted by Crippen LogP contribution is -2.01. The first-order chi connectivity index (χ1) is 11.1. The zero-order valence-electron chi connectivity index (χ0n) is 12.0. The number of rotatable bonds is 4. The van der Waals surface area contributed by atoms with Gasteiger partial charge in [-0.15, -0.1) is 0 Å². The zero-order chi connectivity index (χ0) is 16.4. The summed E-state index contributed by atoms with van der Waals surface area (Å²) in [7, 11) is 0. The minimum absolute atomic E-state index is 0.0144. The van der Waals surface area contributed by atoms with Crippen LogP contribution in [-0.2, 0) is 11.2 Å². The van der Waals surface area contributed by atoms with E-state index in [0.29, 0.717) is 11.3 Å². The molecule has 6 heteroatoms. The van der Waals surface area contributed by atoms with Crippen LogP contribution in [0.25, 0.3) is 22.0 Å². The number of carboxylic acids is 1. The predicted molar refractivity (Wildman–Crippen MR) is 85.2 cm³/mol. The zero-order valence-corrected chi connectivity index (χ0v) is 12.0. The van der Waals surface area contributed by atoms with Crippen molar-refractivity contribution in [2.45, 2.75) is 6.42 Å². The summed E-state index contributed by atoms with van der Waals surface area (Å²) < 4.78 is 0. The monoisotopic (exact) mass is 308 g/mol. The van der Waals surface area contributed by atoms with Gasteiger partial charge in [0.25, 0.3) is 5.69 Å². The molecule has 0 radical (unpaired) electrons. The lowest BCUT2D eigenvalue weighted by atomic mass is 9.99. The summed E-state index contributed by atoms with van der Waals surface area (Å²) in [5.41, 5.74) is 2.14. The van der Waals surface area contributed by atoms with Gasteiger partial charge in [-0.25, -0.2) is 0 Å². The van der Waals surface area contributed by atoms with Crippen LogP contribution in [0.4, 0.5) is 5.69 Å². The molecule has 1 heterocycles. The summed E-state index contributed by atoms with van der Waals surface area (Å²) >= 11 is 0. The van der Waals surface area contributed by atoms with Gasteiger partial charge in [-0.1, -0.05) is 18.2 Å². The largest absolute Gasteiger partial charge is 0.481 e. The average molecular weight is 308 g/mol. The molecule has 6 nitrogen and oxygen atoms in total. The molecule has 0 spiro atoms. The fraction of sp³-hybridized carbons (Fsp3) is 0.0588. The van der Waals surface area contributed by atoms with Crippen LogP contribution in [0.5, 0.6) is 0 Å². The number of nitrogens with zero attached hydrogens (tertiary/aromatic N) is 2. The van der Waals surface area contributed by atoms with Crippen molar-refractivity contribution in [2.75, 3.05) is 0 Å². The maximum atomic E-state index is 11.0. The van der Waals surface area contributed by atoms with Gasteiger partial charge in [-0.2, -0.15) is 0 Å². The molecule has 3 aromatic rings. The Balaban J connectivity index is 2.14. The SMILES string of the molecule is O=C(O)Cc1cccc2c(-c3ccc([N+](=O)[O-])cc3)nccc12. The third-order valence-electron chi connectivity index (χ3n) is 3.59.